The van der Waals surface area contributed by atoms with Gasteiger partial charge in [-0.1, -0.05) is 5.92 Å². The largest absolute Gasteiger partial charge is 0.388 e. The van der Waals surface area contributed by atoms with Gasteiger partial charge in [0.25, 0.3) is 5.91 Å². The second kappa shape index (κ2) is 6.43. The van der Waals surface area contributed by atoms with Gasteiger partial charge in [-0.15, -0.1) is 11.3 Å². The molecule has 0 saturated carbocycles. The lowest BCUT2D eigenvalue weighted by Crippen LogP contribution is -2.27. The fourth-order valence-electron chi connectivity index (χ4n) is 1.39. The van der Waals surface area contributed by atoms with Crippen LogP contribution < -0.4 is 0 Å². The summed E-state index contributed by atoms with van der Waals surface area (Å²) < 4.78 is 0. The molecule has 0 aliphatic rings. The molecule has 4 heteroatoms. The van der Waals surface area contributed by atoms with Crippen LogP contribution in [0.4, 0.5) is 0 Å². The van der Waals surface area contributed by atoms with E-state index in [2.05, 4.69) is 11.8 Å². The minimum atomic E-state index is -0.501. The summed E-state index contributed by atoms with van der Waals surface area (Å²) in [4.78, 5) is 15.0. The number of aliphatic hydroxyl groups excluding tert-OH is 1. The zero-order valence-corrected chi connectivity index (χ0v) is 11.2. The molecule has 0 spiro atoms. The second-order valence-corrected chi connectivity index (χ2v) is 5.17. The van der Waals surface area contributed by atoms with Gasteiger partial charge >= 0.3 is 0 Å². The quantitative estimate of drug-likeness (QED) is 0.831. The maximum absolute atomic E-state index is 11.4. The molecule has 0 bridgehead atoms. The first kappa shape index (κ1) is 13.8. The van der Waals surface area contributed by atoms with E-state index in [4.69, 9.17) is 0 Å². The summed E-state index contributed by atoms with van der Waals surface area (Å²) >= 11 is 1.58. The van der Waals surface area contributed by atoms with Crippen LogP contribution in [0, 0.1) is 18.8 Å². The Balaban J connectivity index is 2.45. The Morgan fingerprint density at radius 1 is 1.59 bits per heavy atom. The predicted molar refractivity (Wildman–Crippen MR) is 69.7 cm³/mol. The fraction of sp³-hybridized carbons (Fsp3) is 0.462. The zero-order chi connectivity index (χ0) is 12.8. The first-order valence-corrected chi connectivity index (χ1v) is 6.28. The van der Waals surface area contributed by atoms with Gasteiger partial charge in [-0.2, -0.15) is 0 Å². The maximum atomic E-state index is 11.4. The molecule has 17 heavy (non-hydrogen) atoms. The summed E-state index contributed by atoms with van der Waals surface area (Å²) in [7, 11) is 1.69. The smallest absolute Gasteiger partial charge is 0.298 e. The van der Waals surface area contributed by atoms with E-state index in [1.165, 1.54) is 9.78 Å². The van der Waals surface area contributed by atoms with Crippen molar-refractivity contribution in [1.29, 1.82) is 0 Å². The third-order valence-corrected chi connectivity index (χ3v) is 3.51. The van der Waals surface area contributed by atoms with Crippen LogP contribution in [0.3, 0.4) is 0 Å². The van der Waals surface area contributed by atoms with Crippen molar-refractivity contribution in [3.8, 4) is 11.8 Å². The lowest BCUT2D eigenvalue weighted by Gasteiger charge is -2.16. The Bertz CT molecular complexity index is 442. The molecule has 0 saturated heterocycles. The van der Waals surface area contributed by atoms with Crippen molar-refractivity contribution in [2.24, 2.45) is 0 Å². The van der Waals surface area contributed by atoms with Crippen LogP contribution in [0.25, 0.3) is 0 Å². The van der Waals surface area contributed by atoms with Gasteiger partial charge in [-0.25, -0.2) is 0 Å². The first-order valence-electron chi connectivity index (χ1n) is 5.47. The van der Waals surface area contributed by atoms with Crippen molar-refractivity contribution in [1.82, 2.24) is 4.90 Å². The average molecular weight is 251 g/mol. The van der Waals surface area contributed by atoms with Gasteiger partial charge < -0.3 is 10.0 Å². The molecule has 0 aliphatic heterocycles. The van der Waals surface area contributed by atoms with Crippen LogP contribution in [0.1, 0.15) is 29.2 Å². The lowest BCUT2D eigenvalue weighted by atomic mass is 10.2. The van der Waals surface area contributed by atoms with E-state index in [0.29, 0.717) is 13.0 Å². The highest BCUT2D eigenvalue weighted by Crippen LogP contribution is 2.24. The van der Waals surface area contributed by atoms with Gasteiger partial charge in [0.05, 0.1) is 6.10 Å². The van der Waals surface area contributed by atoms with Crippen molar-refractivity contribution >= 4 is 17.2 Å². The number of hydrogen-bond acceptors (Lipinski definition) is 3. The summed E-state index contributed by atoms with van der Waals surface area (Å²) in [6, 6.07) is 3.92. The Labute approximate surface area is 106 Å². The van der Waals surface area contributed by atoms with Crippen LogP contribution in [0.5, 0.6) is 0 Å². The molecule has 92 valence electrons. The van der Waals surface area contributed by atoms with Gasteiger partial charge in [0, 0.05) is 23.3 Å². The zero-order valence-electron chi connectivity index (χ0n) is 10.4. The maximum Gasteiger partial charge on any atom is 0.298 e. The molecule has 0 radical (unpaired) electrons. The molecule has 1 atom stereocenters. The Hall–Kier alpha value is -1.31. The molecule has 0 fully saturated rings. The molecule has 3 nitrogen and oxygen atoms in total. The number of carbonyl (C=O) groups is 1. The monoisotopic (exact) mass is 251 g/mol. The Kier molecular flexibility index (Phi) is 5.20. The molecule has 1 aromatic rings. The molecule has 1 N–H and O–H groups in total. The standard InChI is InChI=1S/C13H17NO2S/c1-4-5-13(16)14(3)9-8-11(15)12-7-6-10(2)17-12/h6-7,11,15H,8-9H2,1-3H3. The van der Waals surface area contributed by atoms with Crippen LogP contribution >= 0.6 is 11.3 Å². The molecular weight excluding hydrogens is 234 g/mol. The molecule has 1 amide bonds. The van der Waals surface area contributed by atoms with Crippen LogP contribution in [0.2, 0.25) is 0 Å². The molecule has 1 heterocycles. The predicted octanol–water partition coefficient (Wildman–Crippen LogP) is 1.96. The molecule has 0 aliphatic carbocycles. The van der Waals surface area contributed by atoms with Gasteiger partial charge in [0.2, 0.25) is 0 Å². The number of rotatable bonds is 4. The molecule has 1 unspecified atom stereocenters. The van der Waals surface area contributed by atoms with Gasteiger partial charge in [-0.3, -0.25) is 4.79 Å². The number of aryl methyl sites for hydroxylation is 1. The van der Waals surface area contributed by atoms with Crippen molar-refractivity contribution in [3.05, 3.63) is 21.9 Å². The van der Waals surface area contributed by atoms with Crippen LogP contribution in [-0.4, -0.2) is 29.5 Å². The van der Waals surface area contributed by atoms with Gasteiger partial charge in [-0.05, 0) is 38.3 Å². The number of amides is 1. The van der Waals surface area contributed by atoms with E-state index < -0.39 is 6.10 Å². The van der Waals surface area contributed by atoms with Crippen molar-refractivity contribution in [2.45, 2.75) is 26.4 Å². The van der Waals surface area contributed by atoms with Crippen LogP contribution in [0.15, 0.2) is 12.1 Å². The molecule has 0 aromatic carbocycles. The van der Waals surface area contributed by atoms with E-state index in [9.17, 15) is 9.90 Å². The van der Waals surface area contributed by atoms with E-state index in [1.54, 1.807) is 25.3 Å². The summed E-state index contributed by atoms with van der Waals surface area (Å²) in [6.07, 6.45) is 0.0339. The summed E-state index contributed by atoms with van der Waals surface area (Å²) in [5, 5.41) is 9.93. The van der Waals surface area contributed by atoms with Crippen LogP contribution in [-0.2, 0) is 4.79 Å². The number of hydrogen-bond donors (Lipinski definition) is 1. The molecule has 1 aromatic heterocycles. The van der Waals surface area contributed by atoms with Crippen molar-refractivity contribution in [2.75, 3.05) is 13.6 Å². The number of thiophene rings is 1. The normalized spacial score (nSPS) is 11.5. The molecular formula is C13H17NO2S. The lowest BCUT2D eigenvalue weighted by molar-refractivity contribution is -0.124. The third-order valence-electron chi connectivity index (χ3n) is 2.41. The van der Waals surface area contributed by atoms with Gasteiger partial charge in [0.1, 0.15) is 0 Å². The Morgan fingerprint density at radius 2 is 2.29 bits per heavy atom. The minimum absolute atomic E-state index is 0.206. The summed E-state index contributed by atoms with van der Waals surface area (Å²) in [5.41, 5.74) is 0. The third kappa shape index (κ3) is 4.22. The second-order valence-electron chi connectivity index (χ2n) is 3.85. The van der Waals surface area contributed by atoms with E-state index in [0.717, 1.165) is 4.88 Å². The van der Waals surface area contributed by atoms with E-state index in [-0.39, 0.29) is 5.91 Å². The minimum Gasteiger partial charge on any atom is -0.388 e. The summed E-state index contributed by atoms with van der Waals surface area (Å²) in [5.74, 6) is 4.83. The van der Waals surface area contributed by atoms with Crippen molar-refractivity contribution < 1.29 is 9.90 Å². The SMILES string of the molecule is CC#CC(=O)N(C)CCC(O)c1ccc(C)s1. The summed E-state index contributed by atoms with van der Waals surface area (Å²) in [6.45, 7) is 4.15. The Morgan fingerprint density at radius 3 is 2.82 bits per heavy atom. The van der Waals surface area contributed by atoms with Crippen molar-refractivity contribution in [3.63, 3.8) is 0 Å². The first-order chi connectivity index (χ1) is 8.04. The highest BCUT2D eigenvalue weighted by Gasteiger charge is 2.12. The molecule has 1 rings (SSSR count). The fourth-order valence-corrected chi connectivity index (χ4v) is 2.29. The topological polar surface area (TPSA) is 40.5 Å². The number of nitrogens with zero attached hydrogens (tertiary/aromatic N) is 1. The highest BCUT2D eigenvalue weighted by molar-refractivity contribution is 7.12. The van der Waals surface area contributed by atoms with Gasteiger partial charge in [0.15, 0.2) is 0 Å². The van der Waals surface area contributed by atoms with E-state index >= 15 is 0 Å². The average Bonchev–Trinajstić information content (AvgIpc) is 2.72. The highest BCUT2D eigenvalue weighted by atomic mass is 32.1. The van der Waals surface area contributed by atoms with E-state index in [1.807, 2.05) is 19.1 Å². The number of carbonyl (C=O) groups excluding carboxylic acids is 1. The number of aliphatic hydroxyl groups is 1.